The lowest BCUT2D eigenvalue weighted by Gasteiger charge is -2.25. The summed E-state index contributed by atoms with van der Waals surface area (Å²) in [7, 11) is 0.656. The van der Waals surface area contributed by atoms with E-state index in [1.54, 1.807) is 6.26 Å². The molecular weight excluding hydrogens is 350 g/mol. The predicted molar refractivity (Wildman–Crippen MR) is 113 cm³/mol. The summed E-state index contributed by atoms with van der Waals surface area (Å²) in [6.45, 7) is 11.4. The summed E-state index contributed by atoms with van der Waals surface area (Å²) in [6, 6.07) is 8.87. The average molecular weight is 375 g/mol. The second-order valence-electron chi connectivity index (χ2n) is 8.68. The van der Waals surface area contributed by atoms with Gasteiger partial charge in [-0.1, -0.05) is 30.9 Å². The number of benzene rings is 2. The van der Waals surface area contributed by atoms with Gasteiger partial charge in [0.1, 0.15) is 24.1 Å². The van der Waals surface area contributed by atoms with Crippen LogP contribution in [0.5, 0.6) is 11.5 Å². The van der Waals surface area contributed by atoms with Crippen molar-refractivity contribution in [3.05, 3.63) is 47.9 Å². The quantitative estimate of drug-likeness (QED) is 0.292. The molecule has 0 spiro atoms. The molecule has 1 aliphatic rings. The number of pyridine rings is 1. The Morgan fingerprint density at radius 2 is 1.78 bits per heavy atom. The first kappa shape index (κ1) is 16.6. The zero-order valence-electron chi connectivity index (χ0n) is 16.7. The predicted octanol–water partition coefficient (Wildman–Crippen LogP) is 5.35. The van der Waals surface area contributed by atoms with Crippen LogP contribution in [0.3, 0.4) is 0 Å². The summed E-state index contributed by atoms with van der Waals surface area (Å²) < 4.78 is 14.6. The molecule has 0 N–H and O–H groups in total. The number of fused-ring (bicyclic) bond motifs is 3. The molecule has 0 saturated carbocycles. The SMILES string of the molecule is Cc1c2c(c(C)c3occc13)-c1c3c(cc([Si](C)(C)C)cc3cc[n+]1C)O2. The Kier molecular flexibility index (Phi) is 3.21. The highest BCUT2D eigenvalue weighted by Crippen LogP contribution is 2.50. The molecule has 0 amide bonds. The van der Waals surface area contributed by atoms with Crippen LogP contribution < -0.4 is 14.5 Å². The monoisotopic (exact) mass is 374 g/mol. The van der Waals surface area contributed by atoms with Gasteiger partial charge in [-0.3, -0.25) is 0 Å². The van der Waals surface area contributed by atoms with Gasteiger partial charge < -0.3 is 9.15 Å². The minimum absolute atomic E-state index is 0.953. The van der Waals surface area contributed by atoms with Crippen molar-refractivity contribution in [2.45, 2.75) is 33.5 Å². The number of hydrogen-bond acceptors (Lipinski definition) is 2. The van der Waals surface area contributed by atoms with Crippen LogP contribution in [0.25, 0.3) is 33.0 Å². The standard InChI is InChI=1S/C23H24NO2Si/c1-13-17-8-10-25-22(17)14(2)19-21-20-15(7-9-24(21)3)11-16(27(4,5)6)12-18(20)26-23(13)19/h7-12H,1-6H3/q+1. The molecule has 0 saturated heterocycles. The fourth-order valence-corrected chi connectivity index (χ4v) is 5.44. The van der Waals surface area contributed by atoms with Crippen LogP contribution in [0.4, 0.5) is 0 Å². The first-order valence-electron chi connectivity index (χ1n) is 9.43. The summed E-state index contributed by atoms with van der Waals surface area (Å²) in [4.78, 5) is 0. The van der Waals surface area contributed by atoms with Crippen LogP contribution in [0.15, 0.2) is 41.1 Å². The average Bonchev–Trinajstić information content (AvgIpc) is 3.11. The Morgan fingerprint density at radius 3 is 2.52 bits per heavy atom. The van der Waals surface area contributed by atoms with Crippen molar-refractivity contribution in [1.29, 1.82) is 0 Å². The van der Waals surface area contributed by atoms with Gasteiger partial charge in [-0.15, -0.1) is 0 Å². The topological polar surface area (TPSA) is 26.2 Å². The maximum atomic E-state index is 6.60. The van der Waals surface area contributed by atoms with Crippen molar-refractivity contribution in [2.75, 3.05) is 0 Å². The van der Waals surface area contributed by atoms with E-state index in [4.69, 9.17) is 9.15 Å². The largest absolute Gasteiger partial charge is 0.464 e. The van der Waals surface area contributed by atoms with Crippen LogP contribution in [0.2, 0.25) is 19.6 Å². The van der Waals surface area contributed by atoms with Gasteiger partial charge >= 0.3 is 0 Å². The zero-order valence-corrected chi connectivity index (χ0v) is 17.7. The van der Waals surface area contributed by atoms with Crippen molar-refractivity contribution in [2.24, 2.45) is 7.05 Å². The summed E-state index contributed by atoms with van der Waals surface area (Å²) in [5, 5.41) is 5.00. The van der Waals surface area contributed by atoms with Crippen molar-refractivity contribution < 1.29 is 13.7 Å². The number of furan rings is 1. The van der Waals surface area contributed by atoms with Crippen molar-refractivity contribution in [1.82, 2.24) is 0 Å². The summed E-state index contributed by atoms with van der Waals surface area (Å²) >= 11 is 0. The fraction of sp³-hybridized carbons (Fsp3) is 0.261. The lowest BCUT2D eigenvalue weighted by atomic mass is 9.92. The second-order valence-corrected chi connectivity index (χ2v) is 13.8. The maximum absolute atomic E-state index is 6.60. The van der Waals surface area contributed by atoms with Crippen LogP contribution in [-0.4, -0.2) is 8.07 Å². The van der Waals surface area contributed by atoms with Crippen LogP contribution in [-0.2, 0) is 7.05 Å². The number of aromatic nitrogens is 1. The Morgan fingerprint density at radius 1 is 1.00 bits per heavy atom. The van der Waals surface area contributed by atoms with E-state index in [1.165, 1.54) is 21.7 Å². The highest BCUT2D eigenvalue weighted by molar-refractivity contribution is 6.88. The maximum Gasteiger partial charge on any atom is 0.228 e. The van der Waals surface area contributed by atoms with E-state index >= 15 is 0 Å². The number of rotatable bonds is 1. The normalized spacial score (nSPS) is 13.1. The van der Waals surface area contributed by atoms with Gasteiger partial charge in [0.15, 0.2) is 6.20 Å². The molecular formula is C23H24NO2Si+. The molecule has 3 nitrogen and oxygen atoms in total. The fourth-order valence-electron chi connectivity index (χ4n) is 4.29. The first-order valence-corrected chi connectivity index (χ1v) is 12.9. The first-order chi connectivity index (χ1) is 12.8. The molecule has 136 valence electrons. The summed E-state index contributed by atoms with van der Waals surface area (Å²) in [5.41, 5.74) is 5.59. The number of ether oxygens (including phenoxy) is 1. The van der Waals surface area contributed by atoms with E-state index in [-0.39, 0.29) is 0 Å². The van der Waals surface area contributed by atoms with Gasteiger partial charge in [-0.05, 0) is 31.4 Å². The Labute approximate surface area is 160 Å². The summed E-state index contributed by atoms with van der Waals surface area (Å²) in [6.07, 6.45) is 3.93. The number of hydrogen-bond donors (Lipinski definition) is 0. The van der Waals surface area contributed by atoms with E-state index in [9.17, 15) is 0 Å². The molecule has 1 aliphatic heterocycles. The molecule has 27 heavy (non-hydrogen) atoms. The van der Waals surface area contributed by atoms with Gasteiger partial charge in [0.2, 0.25) is 5.69 Å². The molecule has 0 fully saturated rings. The van der Waals surface area contributed by atoms with Crippen molar-refractivity contribution >= 4 is 35.0 Å². The lowest BCUT2D eigenvalue weighted by Crippen LogP contribution is -2.38. The van der Waals surface area contributed by atoms with Crippen molar-refractivity contribution in [3.8, 4) is 22.8 Å². The lowest BCUT2D eigenvalue weighted by molar-refractivity contribution is -0.659. The number of aryl methyl sites for hydroxylation is 3. The van der Waals surface area contributed by atoms with Gasteiger partial charge in [-0.25, -0.2) is 4.57 Å². The zero-order chi connectivity index (χ0) is 19.1. The molecule has 0 radical (unpaired) electrons. The summed E-state index contributed by atoms with van der Waals surface area (Å²) in [5.74, 6) is 1.94. The molecule has 0 atom stereocenters. The van der Waals surface area contributed by atoms with Gasteiger partial charge in [-0.2, -0.15) is 0 Å². The molecule has 0 aliphatic carbocycles. The van der Waals surface area contributed by atoms with E-state index in [1.807, 2.05) is 6.07 Å². The minimum Gasteiger partial charge on any atom is -0.464 e. The molecule has 3 heterocycles. The Hall–Kier alpha value is -2.59. The third-order valence-corrected chi connectivity index (χ3v) is 7.89. The number of nitrogens with zero attached hydrogens (tertiary/aromatic N) is 1. The Bertz CT molecular complexity index is 1260. The highest BCUT2D eigenvalue weighted by Gasteiger charge is 2.33. The van der Waals surface area contributed by atoms with Crippen LogP contribution >= 0.6 is 0 Å². The second kappa shape index (κ2) is 5.23. The minimum atomic E-state index is -1.46. The highest BCUT2D eigenvalue weighted by atomic mass is 28.3. The molecule has 5 rings (SSSR count). The molecule has 2 aromatic heterocycles. The van der Waals surface area contributed by atoms with E-state index < -0.39 is 8.07 Å². The van der Waals surface area contributed by atoms with E-state index in [2.05, 4.69) is 69.5 Å². The molecule has 4 heteroatoms. The van der Waals surface area contributed by atoms with Crippen LogP contribution in [0.1, 0.15) is 11.1 Å². The van der Waals surface area contributed by atoms with E-state index in [0.717, 1.165) is 39.2 Å². The third kappa shape index (κ3) is 2.16. The van der Waals surface area contributed by atoms with Gasteiger partial charge in [0.25, 0.3) is 0 Å². The third-order valence-electron chi connectivity index (χ3n) is 5.87. The Balaban J connectivity index is 1.97. The van der Waals surface area contributed by atoms with Gasteiger partial charge in [0.05, 0.1) is 25.3 Å². The molecule has 2 aromatic carbocycles. The van der Waals surface area contributed by atoms with E-state index in [0.29, 0.717) is 0 Å². The van der Waals surface area contributed by atoms with Crippen molar-refractivity contribution in [3.63, 3.8) is 0 Å². The smallest absolute Gasteiger partial charge is 0.228 e. The molecule has 0 unspecified atom stereocenters. The molecule has 4 aromatic rings. The van der Waals surface area contributed by atoms with Crippen LogP contribution in [0, 0.1) is 13.8 Å². The van der Waals surface area contributed by atoms with Gasteiger partial charge in [0, 0.05) is 22.6 Å². The molecule has 0 bridgehead atoms.